The van der Waals surface area contributed by atoms with Gasteiger partial charge in [-0.1, -0.05) is 29.3 Å². The third kappa shape index (κ3) is 2.29. The predicted molar refractivity (Wildman–Crippen MR) is 69.8 cm³/mol. The lowest BCUT2D eigenvalue weighted by Crippen LogP contribution is -1.83. The number of ketones is 1. The average molecular weight is 271 g/mol. The van der Waals surface area contributed by atoms with E-state index in [-0.39, 0.29) is 5.78 Å². The van der Waals surface area contributed by atoms with Gasteiger partial charge >= 0.3 is 0 Å². The van der Waals surface area contributed by atoms with Crippen molar-refractivity contribution in [1.29, 1.82) is 0 Å². The van der Waals surface area contributed by atoms with Gasteiger partial charge in [-0.25, -0.2) is 0 Å². The van der Waals surface area contributed by atoms with Gasteiger partial charge in [0.05, 0.1) is 9.90 Å². The number of halogens is 2. The fourth-order valence-electron chi connectivity index (χ4n) is 1.36. The Morgan fingerprint density at radius 2 is 1.94 bits per heavy atom. The summed E-state index contributed by atoms with van der Waals surface area (Å²) in [6.07, 6.45) is 0. The summed E-state index contributed by atoms with van der Waals surface area (Å²) in [5.74, 6) is 0.0707. The minimum atomic E-state index is 0.0707. The highest BCUT2D eigenvalue weighted by molar-refractivity contribution is 7.17. The van der Waals surface area contributed by atoms with E-state index in [0.29, 0.717) is 10.0 Å². The number of Topliss-reactive ketones (excluding diaryl/α,β-unsaturated/α-hetero) is 1. The zero-order valence-corrected chi connectivity index (χ0v) is 10.8. The van der Waals surface area contributed by atoms with Gasteiger partial charge in [-0.2, -0.15) is 0 Å². The van der Waals surface area contributed by atoms with Crippen LogP contribution in [0.2, 0.25) is 10.0 Å². The first-order chi connectivity index (χ1) is 7.58. The maximum absolute atomic E-state index is 11.2. The molecular formula is C12H8Cl2OS. The first-order valence-corrected chi connectivity index (χ1v) is 6.21. The van der Waals surface area contributed by atoms with Crippen LogP contribution in [0.1, 0.15) is 16.6 Å². The highest BCUT2D eigenvalue weighted by Crippen LogP contribution is 2.34. The van der Waals surface area contributed by atoms with Crippen molar-refractivity contribution >= 4 is 40.3 Å². The van der Waals surface area contributed by atoms with Crippen LogP contribution in [-0.2, 0) is 0 Å². The quantitative estimate of drug-likeness (QED) is 0.708. The Balaban J connectivity index is 2.46. The lowest BCUT2D eigenvalue weighted by molar-refractivity contribution is 0.102. The molecule has 0 bridgehead atoms. The van der Waals surface area contributed by atoms with Gasteiger partial charge in [0.25, 0.3) is 0 Å². The van der Waals surface area contributed by atoms with Crippen LogP contribution in [0.3, 0.4) is 0 Å². The molecule has 1 aromatic heterocycles. The topological polar surface area (TPSA) is 17.1 Å². The van der Waals surface area contributed by atoms with Crippen LogP contribution in [-0.4, -0.2) is 5.78 Å². The maximum atomic E-state index is 11.2. The molecule has 82 valence electrons. The molecule has 1 nitrogen and oxygen atoms in total. The van der Waals surface area contributed by atoms with Crippen LogP contribution in [0.15, 0.2) is 30.3 Å². The van der Waals surface area contributed by atoms with Crippen molar-refractivity contribution in [3.05, 3.63) is 45.3 Å². The Labute approximate surface area is 108 Å². The summed E-state index contributed by atoms with van der Waals surface area (Å²) in [7, 11) is 0. The highest BCUT2D eigenvalue weighted by Gasteiger charge is 2.09. The molecule has 0 atom stereocenters. The van der Waals surface area contributed by atoms with Crippen molar-refractivity contribution in [1.82, 2.24) is 0 Å². The van der Waals surface area contributed by atoms with Crippen LogP contribution in [0.25, 0.3) is 10.4 Å². The Hall–Kier alpha value is -0.830. The number of hydrogen-bond acceptors (Lipinski definition) is 2. The van der Waals surface area contributed by atoms with Gasteiger partial charge in [0.2, 0.25) is 0 Å². The first-order valence-electron chi connectivity index (χ1n) is 4.64. The van der Waals surface area contributed by atoms with Crippen LogP contribution < -0.4 is 0 Å². The molecule has 16 heavy (non-hydrogen) atoms. The van der Waals surface area contributed by atoms with Gasteiger partial charge in [-0.3, -0.25) is 4.79 Å². The maximum Gasteiger partial charge on any atom is 0.169 e. The Morgan fingerprint density at radius 3 is 2.50 bits per heavy atom. The smallest absolute Gasteiger partial charge is 0.169 e. The van der Waals surface area contributed by atoms with E-state index in [1.54, 1.807) is 19.1 Å². The summed E-state index contributed by atoms with van der Waals surface area (Å²) in [6, 6.07) is 9.06. The zero-order valence-electron chi connectivity index (χ0n) is 8.46. The fraction of sp³-hybridized carbons (Fsp3) is 0.0833. The third-order valence-electron chi connectivity index (χ3n) is 2.15. The molecular weight excluding hydrogens is 263 g/mol. The summed E-state index contributed by atoms with van der Waals surface area (Å²) in [5, 5.41) is 1.21. The molecule has 0 fully saturated rings. The molecule has 2 rings (SSSR count). The Bertz CT molecular complexity index is 546. The molecule has 2 aromatic rings. The van der Waals surface area contributed by atoms with E-state index in [9.17, 15) is 4.79 Å². The van der Waals surface area contributed by atoms with E-state index >= 15 is 0 Å². The van der Waals surface area contributed by atoms with Crippen molar-refractivity contribution < 1.29 is 4.79 Å². The number of carbonyl (C=O) groups excluding carboxylic acids is 1. The van der Waals surface area contributed by atoms with E-state index < -0.39 is 0 Å². The molecule has 0 aliphatic heterocycles. The largest absolute Gasteiger partial charge is 0.294 e. The van der Waals surface area contributed by atoms with Crippen LogP contribution in [0.5, 0.6) is 0 Å². The summed E-state index contributed by atoms with van der Waals surface area (Å²) in [4.78, 5) is 12.9. The number of hydrogen-bond donors (Lipinski definition) is 0. The fourth-order valence-corrected chi connectivity index (χ4v) is 2.87. The molecule has 0 amide bonds. The minimum absolute atomic E-state index is 0.0707. The summed E-state index contributed by atoms with van der Waals surface area (Å²) in [6.45, 7) is 1.55. The van der Waals surface area contributed by atoms with Gasteiger partial charge in [-0.15, -0.1) is 11.3 Å². The van der Waals surface area contributed by atoms with Crippen LogP contribution in [0, 0.1) is 0 Å². The van der Waals surface area contributed by atoms with Crippen molar-refractivity contribution in [2.24, 2.45) is 0 Å². The van der Waals surface area contributed by atoms with Gasteiger partial charge < -0.3 is 0 Å². The number of rotatable bonds is 2. The van der Waals surface area contributed by atoms with E-state index in [0.717, 1.165) is 15.3 Å². The van der Waals surface area contributed by atoms with E-state index in [4.69, 9.17) is 23.2 Å². The second-order valence-corrected chi connectivity index (χ2v) is 5.27. The molecule has 1 aromatic carbocycles. The molecule has 0 aliphatic rings. The third-order valence-corrected chi connectivity index (χ3v) is 3.92. The Kier molecular flexibility index (Phi) is 3.33. The predicted octanol–water partition coefficient (Wildman–Crippen LogP) is 4.92. The highest BCUT2D eigenvalue weighted by atomic mass is 35.5. The minimum Gasteiger partial charge on any atom is -0.294 e. The Morgan fingerprint density at radius 1 is 1.19 bits per heavy atom. The van der Waals surface area contributed by atoms with Gasteiger partial charge in [0.1, 0.15) is 0 Å². The SMILES string of the molecule is CC(=O)c1ccc(-c2ccc(Cl)cc2Cl)s1. The zero-order chi connectivity index (χ0) is 11.7. The average Bonchev–Trinajstić information content (AvgIpc) is 2.66. The second-order valence-electron chi connectivity index (χ2n) is 3.34. The van der Waals surface area contributed by atoms with Crippen molar-refractivity contribution in [3.8, 4) is 10.4 Å². The van der Waals surface area contributed by atoms with E-state index in [1.807, 2.05) is 18.2 Å². The van der Waals surface area contributed by atoms with Crippen molar-refractivity contribution in [2.45, 2.75) is 6.92 Å². The normalized spacial score (nSPS) is 10.4. The summed E-state index contributed by atoms with van der Waals surface area (Å²) >= 11 is 13.4. The summed E-state index contributed by atoms with van der Waals surface area (Å²) < 4.78 is 0. The number of thiophene rings is 1. The molecule has 0 unspecified atom stereocenters. The lowest BCUT2D eigenvalue weighted by atomic mass is 10.2. The van der Waals surface area contributed by atoms with Crippen molar-refractivity contribution in [3.63, 3.8) is 0 Å². The molecule has 0 radical (unpaired) electrons. The second kappa shape index (κ2) is 4.58. The van der Waals surface area contributed by atoms with E-state index in [2.05, 4.69) is 0 Å². The summed E-state index contributed by atoms with van der Waals surface area (Å²) in [5.41, 5.74) is 0.906. The van der Waals surface area contributed by atoms with Crippen LogP contribution >= 0.6 is 34.5 Å². The lowest BCUT2D eigenvalue weighted by Gasteiger charge is -2.01. The number of benzene rings is 1. The van der Waals surface area contributed by atoms with Crippen LogP contribution in [0.4, 0.5) is 0 Å². The van der Waals surface area contributed by atoms with Gasteiger partial charge in [0.15, 0.2) is 5.78 Å². The standard InChI is InChI=1S/C12H8Cl2OS/c1-7(15)11-4-5-12(16-11)9-3-2-8(13)6-10(9)14/h2-6H,1H3. The monoisotopic (exact) mass is 270 g/mol. The molecule has 0 aliphatic carbocycles. The van der Waals surface area contributed by atoms with Gasteiger partial charge in [-0.05, 0) is 31.2 Å². The van der Waals surface area contributed by atoms with E-state index in [1.165, 1.54) is 11.3 Å². The first kappa shape index (κ1) is 11.6. The molecule has 0 spiro atoms. The molecule has 4 heteroatoms. The molecule has 0 saturated carbocycles. The molecule has 0 N–H and O–H groups in total. The van der Waals surface area contributed by atoms with Crippen molar-refractivity contribution in [2.75, 3.05) is 0 Å². The van der Waals surface area contributed by atoms with Gasteiger partial charge in [0, 0.05) is 15.5 Å². The molecule has 0 saturated heterocycles. The number of carbonyl (C=O) groups is 1. The molecule has 1 heterocycles.